The van der Waals surface area contributed by atoms with Crippen molar-refractivity contribution in [3.8, 4) is 0 Å². The van der Waals surface area contributed by atoms with Crippen molar-refractivity contribution in [1.82, 2.24) is 0 Å². The second-order valence-corrected chi connectivity index (χ2v) is 12.8. The fourth-order valence-corrected chi connectivity index (χ4v) is 6.09. The Balaban J connectivity index is 2.01. The summed E-state index contributed by atoms with van der Waals surface area (Å²) in [5.74, 6) is 0.942. The fraction of sp³-hybridized carbons (Fsp3) is 0.737. The summed E-state index contributed by atoms with van der Waals surface area (Å²) in [6.07, 6.45) is 13.7. The Hall–Kier alpha value is -0.633. The van der Waals surface area contributed by atoms with Crippen molar-refractivity contribution in [3.05, 3.63) is 22.4 Å². The van der Waals surface area contributed by atoms with Crippen molar-refractivity contribution in [3.63, 3.8) is 0 Å². The molecular weight excluding hydrogens is 272 g/mol. The summed E-state index contributed by atoms with van der Waals surface area (Å²) in [7, 11) is -1.49. The van der Waals surface area contributed by atoms with Crippen LogP contribution in [0.4, 0.5) is 0 Å². The van der Waals surface area contributed by atoms with Crippen molar-refractivity contribution in [2.24, 2.45) is 5.92 Å². The van der Waals surface area contributed by atoms with Gasteiger partial charge in [-0.15, -0.1) is 0 Å². The quantitative estimate of drug-likeness (QED) is 0.328. The van der Waals surface area contributed by atoms with E-state index in [1.165, 1.54) is 67.7 Å². The number of ketones is 1. The van der Waals surface area contributed by atoms with Gasteiger partial charge in [-0.3, -0.25) is 4.79 Å². The van der Waals surface area contributed by atoms with E-state index < -0.39 is 8.07 Å². The van der Waals surface area contributed by atoms with E-state index in [4.69, 9.17) is 0 Å². The van der Waals surface area contributed by atoms with Crippen LogP contribution in [0.5, 0.6) is 0 Å². The molecule has 1 nitrogen and oxygen atoms in total. The summed E-state index contributed by atoms with van der Waals surface area (Å²) < 4.78 is 0. The van der Waals surface area contributed by atoms with E-state index in [9.17, 15) is 4.79 Å². The largest absolute Gasteiger partial charge is 0.290 e. The summed E-state index contributed by atoms with van der Waals surface area (Å²) in [6, 6.07) is 0. The number of hydrogen-bond acceptors (Lipinski definition) is 1. The molecule has 1 unspecified atom stereocenters. The van der Waals surface area contributed by atoms with E-state index in [-0.39, 0.29) is 0 Å². The Labute approximate surface area is 131 Å². The lowest BCUT2D eigenvalue weighted by Crippen LogP contribution is -2.28. The first-order chi connectivity index (χ1) is 9.96. The molecule has 2 heteroatoms. The average Bonchev–Trinajstić information content (AvgIpc) is 2.93. The number of Topliss-reactive ketones (excluding diaryl/α,β-unsaturated/α-hetero) is 1. The van der Waals surface area contributed by atoms with Crippen molar-refractivity contribution >= 4 is 13.9 Å². The fourth-order valence-electron chi connectivity index (χ4n) is 4.00. The van der Waals surface area contributed by atoms with E-state index in [0.29, 0.717) is 11.7 Å². The van der Waals surface area contributed by atoms with Gasteiger partial charge >= 0.3 is 0 Å². The van der Waals surface area contributed by atoms with Crippen LogP contribution in [0.25, 0.3) is 0 Å². The van der Waals surface area contributed by atoms with E-state index in [1.807, 2.05) is 0 Å². The average molecular weight is 305 g/mol. The molecule has 0 aromatic heterocycles. The molecular formula is C19H32OSi. The third kappa shape index (κ3) is 3.77. The first-order valence-electron chi connectivity index (χ1n) is 8.95. The van der Waals surface area contributed by atoms with Crippen LogP contribution >= 0.6 is 0 Å². The lowest BCUT2D eigenvalue weighted by atomic mass is 9.97. The van der Waals surface area contributed by atoms with Crippen LogP contribution in [-0.4, -0.2) is 13.9 Å². The third-order valence-electron chi connectivity index (χ3n) is 4.97. The summed E-state index contributed by atoms with van der Waals surface area (Å²) >= 11 is 0. The molecule has 0 saturated heterocycles. The number of carbonyl (C=O) groups is 1. The Morgan fingerprint density at radius 3 is 2.52 bits per heavy atom. The van der Waals surface area contributed by atoms with Gasteiger partial charge in [-0.25, -0.2) is 0 Å². The number of carbonyl (C=O) groups excluding carboxylic acids is 1. The number of rotatable bonds is 7. The third-order valence-corrected chi connectivity index (χ3v) is 7.02. The minimum absolute atomic E-state index is 0.433. The smallest absolute Gasteiger partial charge is 0.181 e. The predicted molar refractivity (Wildman–Crippen MR) is 94.2 cm³/mol. The van der Waals surface area contributed by atoms with Gasteiger partial charge in [0.15, 0.2) is 5.78 Å². The minimum atomic E-state index is -1.49. The minimum Gasteiger partial charge on any atom is -0.290 e. The number of allylic oxidation sites excluding steroid dienone is 4. The Kier molecular flexibility index (Phi) is 5.65. The molecule has 0 bridgehead atoms. The topological polar surface area (TPSA) is 17.1 Å². The van der Waals surface area contributed by atoms with Crippen LogP contribution in [-0.2, 0) is 4.79 Å². The van der Waals surface area contributed by atoms with Gasteiger partial charge in [0.05, 0.1) is 8.07 Å². The van der Waals surface area contributed by atoms with E-state index in [2.05, 4.69) is 32.6 Å². The molecule has 0 amide bonds. The summed E-state index contributed by atoms with van der Waals surface area (Å²) in [5.41, 5.74) is 2.71. The molecule has 1 atom stereocenters. The van der Waals surface area contributed by atoms with Crippen LogP contribution in [0, 0.1) is 5.92 Å². The van der Waals surface area contributed by atoms with Gasteiger partial charge < -0.3 is 0 Å². The number of unbranched alkanes of at least 4 members (excludes halogenated alkanes) is 5. The molecule has 2 aliphatic rings. The highest BCUT2D eigenvalue weighted by molar-refractivity contribution is 6.88. The molecule has 2 rings (SSSR count). The van der Waals surface area contributed by atoms with Gasteiger partial charge in [-0.05, 0) is 37.3 Å². The zero-order valence-electron chi connectivity index (χ0n) is 14.4. The zero-order valence-corrected chi connectivity index (χ0v) is 15.4. The lowest BCUT2D eigenvalue weighted by Gasteiger charge is -2.18. The lowest BCUT2D eigenvalue weighted by molar-refractivity contribution is -0.111. The zero-order chi connectivity index (χ0) is 15.5. The second-order valence-electron chi connectivity index (χ2n) is 7.79. The van der Waals surface area contributed by atoms with Crippen LogP contribution in [0.15, 0.2) is 22.4 Å². The second kappa shape index (κ2) is 7.08. The van der Waals surface area contributed by atoms with Gasteiger partial charge in [-0.1, -0.05) is 63.9 Å². The van der Waals surface area contributed by atoms with E-state index in [0.717, 1.165) is 6.42 Å². The Morgan fingerprint density at radius 2 is 1.86 bits per heavy atom. The highest BCUT2D eigenvalue weighted by atomic mass is 28.3. The van der Waals surface area contributed by atoms with Gasteiger partial charge in [-0.2, -0.15) is 0 Å². The van der Waals surface area contributed by atoms with Crippen LogP contribution in [0.3, 0.4) is 0 Å². The Bertz CT molecular complexity index is 451. The molecule has 0 aliphatic heterocycles. The molecule has 1 saturated carbocycles. The maximum atomic E-state index is 12.8. The first kappa shape index (κ1) is 16.7. The monoisotopic (exact) mass is 304 g/mol. The molecule has 118 valence electrons. The normalized spacial score (nSPS) is 24.3. The van der Waals surface area contributed by atoms with E-state index >= 15 is 0 Å². The van der Waals surface area contributed by atoms with Crippen molar-refractivity contribution < 1.29 is 4.79 Å². The number of hydrogen-bond donors (Lipinski definition) is 0. The van der Waals surface area contributed by atoms with Gasteiger partial charge in [0.2, 0.25) is 0 Å². The van der Waals surface area contributed by atoms with Gasteiger partial charge in [0.25, 0.3) is 0 Å². The highest BCUT2D eigenvalue weighted by Gasteiger charge is 2.43. The highest BCUT2D eigenvalue weighted by Crippen LogP contribution is 2.47. The maximum absolute atomic E-state index is 12.8. The molecule has 1 fully saturated rings. The SMILES string of the molecule is CCCCCCC/C=C1/C(=O)C([Si](C)(C)C)=C2CCCC21. The maximum Gasteiger partial charge on any atom is 0.181 e. The van der Waals surface area contributed by atoms with Crippen molar-refractivity contribution in [2.45, 2.75) is 84.4 Å². The molecule has 0 aromatic carbocycles. The summed E-state index contributed by atoms with van der Waals surface area (Å²) in [6.45, 7) is 9.24. The summed E-state index contributed by atoms with van der Waals surface area (Å²) in [4.78, 5) is 12.8. The molecule has 0 radical (unpaired) electrons. The molecule has 0 spiro atoms. The summed E-state index contributed by atoms with van der Waals surface area (Å²) in [5, 5.41) is 1.28. The molecule has 0 aromatic rings. The van der Waals surface area contributed by atoms with Gasteiger partial charge in [0, 0.05) is 11.5 Å². The molecule has 2 aliphatic carbocycles. The predicted octanol–water partition coefficient (Wildman–Crippen LogP) is 5.83. The first-order valence-corrected chi connectivity index (χ1v) is 12.4. The van der Waals surface area contributed by atoms with E-state index in [1.54, 1.807) is 0 Å². The number of fused-ring (bicyclic) bond motifs is 1. The van der Waals surface area contributed by atoms with Crippen LogP contribution in [0.2, 0.25) is 19.6 Å². The van der Waals surface area contributed by atoms with Crippen molar-refractivity contribution in [1.29, 1.82) is 0 Å². The van der Waals surface area contributed by atoms with Crippen LogP contribution < -0.4 is 0 Å². The van der Waals surface area contributed by atoms with Crippen LogP contribution in [0.1, 0.15) is 64.7 Å². The molecule has 21 heavy (non-hydrogen) atoms. The standard InChI is InChI=1S/C19H32OSi/c1-5-6-7-8-9-10-12-16-15-13-11-14-17(15)19(18(16)20)21(2,3)4/h12,15H,5-11,13-14H2,1-4H3/b16-12+. The Morgan fingerprint density at radius 1 is 1.14 bits per heavy atom. The molecule has 0 N–H and O–H groups in total. The van der Waals surface area contributed by atoms with Crippen molar-refractivity contribution in [2.75, 3.05) is 0 Å². The van der Waals surface area contributed by atoms with Gasteiger partial charge in [0.1, 0.15) is 0 Å². The molecule has 0 heterocycles.